The monoisotopic (exact) mass is 1750 g/mol. The fourth-order valence-corrected chi connectivity index (χ4v) is 18.6. The van der Waals surface area contributed by atoms with Crippen LogP contribution in [-0.2, 0) is 83.4 Å². The third-order valence-corrected chi connectivity index (χ3v) is 25.8. The molecule has 1 aromatic rings. The van der Waals surface area contributed by atoms with Crippen molar-refractivity contribution >= 4 is 112 Å². The maximum atomic E-state index is 15.3. The Hall–Kier alpha value is -8.31. The van der Waals surface area contributed by atoms with Crippen LogP contribution in [0, 0.1) is 29.1 Å². The van der Waals surface area contributed by atoms with Gasteiger partial charge in [-0.05, 0) is 183 Å². The number of piperidine rings is 1. The van der Waals surface area contributed by atoms with Crippen molar-refractivity contribution in [3.05, 3.63) is 35.4 Å². The fraction of sp³-hybridized carbons (Fsp3) is 0.747. The molecule has 14 amide bonds. The van der Waals surface area contributed by atoms with Crippen molar-refractivity contribution in [1.82, 2.24) is 90.4 Å². The quantitative estimate of drug-likeness (QED) is 0.0622. The molecule has 4 heterocycles. The van der Waals surface area contributed by atoms with Crippen LogP contribution >= 0.6 is 23.5 Å². The molecule has 18 atom stereocenters. The average Bonchev–Trinajstić information content (AvgIpc) is 1.33. The number of hydrogen-bond acceptors (Lipinski definition) is 24. The van der Waals surface area contributed by atoms with Gasteiger partial charge in [0.05, 0.1) is 24.5 Å². The molecule has 5 fully saturated rings. The van der Waals surface area contributed by atoms with E-state index in [2.05, 4.69) is 90.4 Å². The Morgan fingerprint density at radius 1 is 0.557 bits per heavy atom. The normalized spacial score (nSPS) is 31.4. The number of carboxylic acids is 1. The molecule has 3 saturated heterocycles. The number of aliphatic hydroxyl groups is 3. The van der Waals surface area contributed by atoms with Crippen LogP contribution < -0.4 is 96.1 Å². The number of primary amides is 1. The topological polar surface area (TPSA) is 567 Å². The van der Waals surface area contributed by atoms with Crippen LogP contribution in [0.5, 0.6) is 0 Å². The molecule has 684 valence electrons. The molecule has 0 radical (unpaired) electrons. The summed E-state index contributed by atoms with van der Waals surface area (Å²) in [6.07, 6.45) is 1.75. The molecule has 4 aliphatic heterocycles. The summed E-state index contributed by atoms with van der Waals surface area (Å²) in [7, 11) is 0. The number of nitrogens with two attached hydrogens (primary N) is 1. The number of carboxylic acid groups (broad SMARTS) is 1. The zero-order chi connectivity index (χ0) is 89.5. The molecular weight excluding hydrogens is 1620 g/mol. The number of carbonyl (C=O) groups is 15. The van der Waals surface area contributed by atoms with Crippen LogP contribution in [0.25, 0.3) is 0 Å². The lowest BCUT2D eigenvalue weighted by atomic mass is 9.82. The standard InChI is InChI=1S/C83H136N18O19S2/c1-10-15-56(90-46(6)103)73(111)99-65-42-122-40-50-19-13-18-49(32-50)39-121-41-64(69(84)108)98-71(109)44(4)89-72(110)57(16-11-2)91-76(114)60(33-47-21-25-53(104)26-22-47)94-75(113)59(29-30-66(106)107)93-74(112)58(17-12-3)92-78(116)62(35-51-37-87-70-55(51)20-14-31-86-70)96-81(119)67(45(5)102)100-79(117)63(36-52-38-85-43-88-52)95-77(115)61(34-48-23-27-54(105)28-24-48)97-82(120)68(83(7,8)9)101-80(65)118/h13,18-19,32,44-45,47-48,51-65,67-68,70,85-88,102,104-105H,10-12,14-17,20-31,33-43H2,1-9H3,(H2,84,108)(H,89,110)(H,90,103)(H,91,114)(H,92,116)(H,93,112)(H,94,113)(H,95,115)(H,96,119)(H,97,120)(H,98,109)(H,99,111)(H,100,117)(H,101,118)(H,106,107)/t44-,45+,47?,48?,51?,52?,53?,54?,55?,56-,57-,58-,59-,60-,61-,62-,63-,64+,65-,67-,68+,70?/m0/s1. The Kier molecular flexibility index (Phi) is 41.3. The van der Waals surface area contributed by atoms with Gasteiger partial charge in [-0.2, -0.15) is 23.5 Å². The maximum absolute atomic E-state index is 15.3. The van der Waals surface area contributed by atoms with E-state index in [4.69, 9.17) is 5.73 Å². The van der Waals surface area contributed by atoms with Gasteiger partial charge in [0.15, 0.2) is 0 Å². The highest BCUT2D eigenvalue weighted by molar-refractivity contribution is 7.98. The first-order valence-corrected chi connectivity index (χ1v) is 45.9. The Morgan fingerprint density at radius 3 is 1.57 bits per heavy atom. The number of amides is 14. The number of carbonyl (C=O) groups excluding carboxylic acids is 14. The van der Waals surface area contributed by atoms with Gasteiger partial charge in [0.25, 0.3) is 0 Å². The van der Waals surface area contributed by atoms with Crippen LogP contribution in [0.3, 0.4) is 0 Å². The summed E-state index contributed by atoms with van der Waals surface area (Å²) in [5.41, 5.74) is 6.33. The van der Waals surface area contributed by atoms with Gasteiger partial charge in [-0.1, -0.05) is 85.1 Å². The first-order valence-electron chi connectivity index (χ1n) is 43.5. The highest BCUT2D eigenvalue weighted by Gasteiger charge is 2.45. The van der Waals surface area contributed by atoms with Crippen molar-refractivity contribution < 1.29 is 92.3 Å². The summed E-state index contributed by atoms with van der Waals surface area (Å²) in [5.74, 6) is -13.3. The second-order valence-corrected chi connectivity index (χ2v) is 36.9. The lowest BCUT2D eigenvalue weighted by molar-refractivity contribution is -0.139. The first-order chi connectivity index (χ1) is 57.9. The van der Waals surface area contributed by atoms with Gasteiger partial charge in [0.1, 0.15) is 78.5 Å². The van der Waals surface area contributed by atoms with Crippen molar-refractivity contribution in [1.29, 1.82) is 0 Å². The van der Waals surface area contributed by atoms with Crippen LogP contribution in [0.4, 0.5) is 0 Å². The third kappa shape index (κ3) is 32.7. The first kappa shape index (κ1) is 101. The Labute approximate surface area is 723 Å². The van der Waals surface area contributed by atoms with Crippen molar-refractivity contribution in [2.45, 2.75) is 324 Å². The molecular formula is C83H136N18O19S2. The zero-order valence-corrected chi connectivity index (χ0v) is 73.7. The molecule has 0 spiro atoms. The van der Waals surface area contributed by atoms with Gasteiger partial charge in [-0.15, -0.1) is 0 Å². The number of hydrogen-bond donors (Lipinski definition) is 22. The zero-order valence-electron chi connectivity index (χ0n) is 72.0. The van der Waals surface area contributed by atoms with Crippen LogP contribution in [0.15, 0.2) is 24.3 Å². The molecule has 39 heteroatoms. The molecule has 6 aliphatic rings. The van der Waals surface area contributed by atoms with E-state index in [9.17, 15) is 63.6 Å². The van der Waals surface area contributed by atoms with E-state index in [0.29, 0.717) is 89.7 Å². The van der Waals surface area contributed by atoms with Gasteiger partial charge in [-0.25, -0.2) is 0 Å². The maximum Gasteiger partial charge on any atom is 0.303 e. The van der Waals surface area contributed by atoms with E-state index >= 15 is 28.8 Å². The molecule has 4 unspecified atom stereocenters. The van der Waals surface area contributed by atoms with Gasteiger partial charge in [-0.3, -0.25) is 71.9 Å². The molecule has 2 aliphatic carbocycles. The Bertz CT molecular complexity index is 3710. The Morgan fingerprint density at radius 2 is 1.06 bits per heavy atom. The summed E-state index contributed by atoms with van der Waals surface area (Å²) >= 11 is 2.54. The summed E-state index contributed by atoms with van der Waals surface area (Å²) in [6, 6.07) is -11.5. The minimum Gasteiger partial charge on any atom is -0.481 e. The van der Waals surface area contributed by atoms with Gasteiger partial charge in [0, 0.05) is 55.6 Å². The summed E-state index contributed by atoms with van der Waals surface area (Å²) < 4.78 is 0. The number of aliphatic carboxylic acids is 1. The third-order valence-electron chi connectivity index (χ3n) is 23.6. The van der Waals surface area contributed by atoms with Crippen molar-refractivity contribution in [2.24, 2.45) is 34.8 Å². The van der Waals surface area contributed by atoms with E-state index < -0.39 is 210 Å². The molecule has 7 rings (SSSR count). The van der Waals surface area contributed by atoms with Crippen LogP contribution in [0.2, 0.25) is 0 Å². The largest absolute Gasteiger partial charge is 0.481 e. The lowest BCUT2D eigenvalue weighted by Crippen LogP contribution is -2.63. The predicted octanol–water partition coefficient (Wildman–Crippen LogP) is -1.59. The average molecular weight is 1750 g/mol. The fourth-order valence-electron chi connectivity index (χ4n) is 16.6. The van der Waals surface area contributed by atoms with E-state index in [-0.39, 0.29) is 98.5 Å². The number of benzene rings is 1. The van der Waals surface area contributed by atoms with Crippen molar-refractivity contribution in [3.63, 3.8) is 0 Å². The van der Waals surface area contributed by atoms with E-state index in [1.807, 2.05) is 25.1 Å². The smallest absolute Gasteiger partial charge is 0.303 e. The number of aliphatic hydroxyl groups excluding tert-OH is 3. The molecule has 2 bridgehead atoms. The number of nitrogens with one attached hydrogen (secondary N) is 17. The minimum atomic E-state index is -1.82. The molecule has 0 aromatic heterocycles. The SMILES string of the molecule is CCC[C@H](NC(C)=O)C(=O)N[C@H]1CSCc2cccc(c2)CSC[C@H](C(N)=O)NC(=O)[C@H](C)NC(=O)[C@H](CCC)NC(=O)[C@H](CC2CCC(O)CC2)NC(=O)[C@H](CCC(=O)O)NC(=O)[C@H](CCC)NC(=O)[C@H](CC2CNC3NCCCC23)NC(=O)[C@H]([C@@H](C)O)NC(=O)[C@H](CC2CNCN2)NC(=O)[C@H](CC2CCC(O)CC2)NC(=O)[C@H](C(C)(C)C)NC1=O. The molecule has 37 nitrogen and oxygen atoms in total. The highest BCUT2D eigenvalue weighted by Crippen LogP contribution is 2.34. The highest BCUT2D eigenvalue weighted by atomic mass is 32.2. The summed E-state index contributed by atoms with van der Waals surface area (Å²) in [5, 5.41) is 91.6. The van der Waals surface area contributed by atoms with E-state index in [1.165, 1.54) is 44.3 Å². The number of rotatable bonds is 22. The summed E-state index contributed by atoms with van der Waals surface area (Å²) in [4.78, 5) is 216. The predicted molar refractivity (Wildman–Crippen MR) is 457 cm³/mol. The molecule has 1 aromatic carbocycles. The second-order valence-electron chi connectivity index (χ2n) is 34.8. The number of thioether (sulfide) groups is 2. The van der Waals surface area contributed by atoms with Crippen LogP contribution in [-0.4, -0.2) is 256 Å². The van der Waals surface area contributed by atoms with Crippen molar-refractivity contribution in [3.8, 4) is 0 Å². The van der Waals surface area contributed by atoms with Gasteiger partial charge in [0.2, 0.25) is 82.7 Å². The van der Waals surface area contributed by atoms with Gasteiger partial charge >= 0.3 is 5.97 Å². The molecule has 2 saturated carbocycles. The minimum absolute atomic E-state index is 0.00298. The van der Waals surface area contributed by atoms with Crippen LogP contribution in [0.1, 0.15) is 215 Å². The lowest BCUT2D eigenvalue weighted by Gasteiger charge is -2.35. The summed E-state index contributed by atoms with van der Waals surface area (Å²) in [6.45, 7) is 16.0. The number of fused-ring (bicyclic) bond motifs is 3. The van der Waals surface area contributed by atoms with Crippen molar-refractivity contribution in [2.75, 3.05) is 37.8 Å². The molecule has 122 heavy (non-hydrogen) atoms. The Balaban J connectivity index is 1.27. The van der Waals surface area contributed by atoms with E-state index in [0.717, 1.165) is 30.5 Å². The van der Waals surface area contributed by atoms with Gasteiger partial charge < -0.3 is 117 Å². The van der Waals surface area contributed by atoms with E-state index in [1.54, 1.807) is 40.7 Å². The second kappa shape index (κ2) is 50.0. The molecule has 23 N–H and O–H groups in total.